The number of methoxy groups -OCH3 is 1. The molecule has 0 bridgehead atoms. The number of aromatic nitrogens is 4. The number of aryl methyl sites for hydroxylation is 1. The van der Waals surface area contributed by atoms with E-state index in [1.165, 1.54) is 11.3 Å². The van der Waals surface area contributed by atoms with Crippen LogP contribution in [-0.4, -0.2) is 32.8 Å². The molecule has 0 N–H and O–H groups in total. The molecule has 3 aromatic heterocycles. The summed E-state index contributed by atoms with van der Waals surface area (Å²) in [5.74, 6) is 0.418. The number of benzene rings is 1. The average molecular weight is 428 g/mol. The molecule has 0 aliphatic heterocycles. The Morgan fingerprint density at radius 3 is 2.86 bits per heavy atom. The van der Waals surface area contributed by atoms with Crippen molar-refractivity contribution in [3.8, 4) is 5.75 Å². The Morgan fingerprint density at radius 2 is 2.14 bits per heavy atom. The van der Waals surface area contributed by atoms with E-state index in [0.29, 0.717) is 40.2 Å². The second kappa shape index (κ2) is 8.18. The zero-order chi connectivity index (χ0) is 20.4. The van der Waals surface area contributed by atoms with Crippen LogP contribution >= 0.6 is 22.9 Å². The lowest BCUT2D eigenvalue weighted by atomic mass is 10.2. The first-order valence-corrected chi connectivity index (χ1v) is 10.2. The van der Waals surface area contributed by atoms with Crippen LogP contribution in [0.25, 0.3) is 10.2 Å². The Balaban J connectivity index is 1.83. The van der Waals surface area contributed by atoms with Crippen LogP contribution in [-0.2, 0) is 13.1 Å². The third kappa shape index (κ3) is 3.68. The topological polar surface area (TPSA) is 73.1 Å². The van der Waals surface area contributed by atoms with E-state index >= 15 is 0 Å². The standard InChI is InChI=1S/C20H18ClN5O2S/c1-3-26-15(8-10-23-26)19(27)25(12-13-5-4-9-22-11-13)20-24-17-16(28-2)7-6-14(21)18(17)29-20/h4-11H,3,12H2,1-2H3. The van der Waals surface area contributed by atoms with Crippen molar-refractivity contribution in [1.82, 2.24) is 19.7 Å². The minimum Gasteiger partial charge on any atom is -0.494 e. The number of halogens is 1. The van der Waals surface area contributed by atoms with Gasteiger partial charge in [-0.25, -0.2) is 4.98 Å². The summed E-state index contributed by atoms with van der Waals surface area (Å²) >= 11 is 7.73. The molecule has 1 amide bonds. The largest absolute Gasteiger partial charge is 0.494 e. The smallest absolute Gasteiger partial charge is 0.278 e. The fourth-order valence-electron chi connectivity index (χ4n) is 3.03. The van der Waals surface area contributed by atoms with E-state index in [4.69, 9.17) is 21.3 Å². The van der Waals surface area contributed by atoms with E-state index in [0.717, 1.165) is 10.3 Å². The Morgan fingerprint density at radius 1 is 1.28 bits per heavy atom. The minimum absolute atomic E-state index is 0.192. The Labute approximate surface area is 176 Å². The van der Waals surface area contributed by atoms with Crippen molar-refractivity contribution >= 4 is 44.2 Å². The van der Waals surface area contributed by atoms with Crippen LogP contribution in [0.1, 0.15) is 23.0 Å². The SMILES string of the molecule is CCn1nccc1C(=O)N(Cc1cccnc1)c1nc2c(OC)ccc(Cl)c2s1. The zero-order valence-corrected chi connectivity index (χ0v) is 17.4. The quantitative estimate of drug-likeness (QED) is 0.455. The molecule has 0 saturated carbocycles. The van der Waals surface area contributed by atoms with Crippen LogP contribution in [0.3, 0.4) is 0 Å². The van der Waals surface area contributed by atoms with Gasteiger partial charge in [-0.1, -0.05) is 29.0 Å². The summed E-state index contributed by atoms with van der Waals surface area (Å²) in [5.41, 5.74) is 2.02. The summed E-state index contributed by atoms with van der Waals surface area (Å²) in [5, 5.41) is 5.32. The van der Waals surface area contributed by atoms with Gasteiger partial charge < -0.3 is 4.74 Å². The number of fused-ring (bicyclic) bond motifs is 1. The van der Waals surface area contributed by atoms with E-state index in [-0.39, 0.29) is 5.91 Å². The first-order valence-electron chi connectivity index (χ1n) is 8.98. The first-order chi connectivity index (χ1) is 14.1. The number of thiazole rings is 1. The molecule has 0 radical (unpaired) electrons. The van der Waals surface area contributed by atoms with Gasteiger partial charge in [-0.15, -0.1) is 0 Å². The summed E-state index contributed by atoms with van der Waals surface area (Å²) in [4.78, 5) is 23.9. The lowest BCUT2D eigenvalue weighted by Gasteiger charge is -2.20. The van der Waals surface area contributed by atoms with E-state index in [2.05, 4.69) is 10.1 Å². The molecule has 4 aromatic rings. The summed E-state index contributed by atoms with van der Waals surface area (Å²) in [6.07, 6.45) is 5.06. The molecule has 4 rings (SSSR count). The van der Waals surface area contributed by atoms with Crippen LogP contribution in [0.2, 0.25) is 5.02 Å². The highest BCUT2D eigenvalue weighted by molar-refractivity contribution is 7.23. The van der Waals surface area contributed by atoms with Crippen molar-refractivity contribution in [2.75, 3.05) is 12.0 Å². The van der Waals surface area contributed by atoms with Crippen molar-refractivity contribution in [2.24, 2.45) is 0 Å². The fourth-order valence-corrected chi connectivity index (χ4v) is 4.28. The van der Waals surface area contributed by atoms with Crippen LogP contribution in [0.4, 0.5) is 5.13 Å². The van der Waals surface area contributed by atoms with Gasteiger partial charge in [0.15, 0.2) is 5.13 Å². The minimum atomic E-state index is -0.192. The third-order valence-corrected chi connectivity index (χ3v) is 5.98. The Hall–Kier alpha value is -2.97. The average Bonchev–Trinajstić information content (AvgIpc) is 3.40. The van der Waals surface area contributed by atoms with Crippen LogP contribution in [0.15, 0.2) is 48.9 Å². The van der Waals surface area contributed by atoms with E-state index < -0.39 is 0 Å². The molecule has 9 heteroatoms. The molecule has 1 aromatic carbocycles. The maximum absolute atomic E-state index is 13.5. The number of hydrogen-bond donors (Lipinski definition) is 0. The van der Waals surface area contributed by atoms with Gasteiger partial charge in [-0.2, -0.15) is 5.10 Å². The molecule has 29 heavy (non-hydrogen) atoms. The number of carbonyl (C=O) groups excluding carboxylic acids is 1. The number of anilines is 1. The predicted octanol–water partition coefficient (Wildman–Crippen LogP) is 4.42. The highest BCUT2D eigenvalue weighted by Crippen LogP contribution is 2.39. The lowest BCUT2D eigenvalue weighted by molar-refractivity contribution is 0.0975. The maximum Gasteiger partial charge on any atom is 0.278 e. The highest BCUT2D eigenvalue weighted by Gasteiger charge is 2.25. The monoisotopic (exact) mass is 427 g/mol. The fraction of sp³-hybridized carbons (Fsp3) is 0.200. The van der Waals surface area contributed by atoms with Gasteiger partial charge in [0.1, 0.15) is 17.0 Å². The van der Waals surface area contributed by atoms with Gasteiger partial charge in [0.2, 0.25) is 0 Å². The zero-order valence-electron chi connectivity index (χ0n) is 15.9. The van der Waals surface area contributed by atoms with Crippen LogP contribution < -0.4 is 9.64 Å². The van der Waals surface area contributed by atoms with Gasteiger partial charge in [0.05, 0.1) is 23.4 Å². The molecule has 0 unspecified atom stereocenters. The molecule has 3 heterocycles. The Bertz CT molecular complexity index is 1160. The molecule has 7 nitrogen and oxygen atoms in total. The molecule has 0 aliphatic rings. The number of pyridine rings is 1. The van der Waals surface area contributed by atoms with Crippen molar-refractivity contribution in [2.45, 2.75) is 20.0 Å². The van der Waals surface area contributed by atoms with Crippen molar-refractivity contribution in [3.05, 3.63) is 65.2 Å². The number of carbonyl (C=O) groups is 1. The first kappa shape index (κ1) is 19.4. The lowest BCUT2D eigenvalue weighted by Crippen LogP contribution is -2.32. The molecular formula is C20H18ClN5O2S. The summed E-state index contributed by atoms with van der Waals surface area (Å²) < 4.78 is 7.86. The summed E-state index contributed by atoms with van der Waals surface area (Å²) in [7, 11) is 1.58. The van der Waals surface area contributed by atoms with Crippen LogP contribution in [0, 0.1) is 0 Å². The molecule has 0 spiro atoms. The van der Waals surface area contributed by atoms with Gasteiger partial charge in [0, 0.05) is 25.1 Å². The predicted molar refractivity (Wildman–Crippen MR) is 114 cm³/mol. The number of rotatable bonds is 6. The van der Waals surface area contributed by atoms with E-state index in [1.54, 1.807) is 53.5 Å². The third-order valence-electron chi connectivity index (χ3n) is 4.44. The Kier molecular flexibility index (Phi) is 5.46. The van der Waals surface area contributed by atoms with Crippen molar-refractivity contribution in [1.29, 1.82) is 0 Å². The number of ether oxygens (including phenoxy) is 1. The van der Waals surface area contributed by atoms with Gasteiger partial charge in [-0.3, -0.25) is 19.4 Å². The number of amides is 1. The van der Waals surface area contributed by atoms with Gasteiger partial charge in [0.25, 0.3) is 5.91 Å². The second-order valence-electron chi connectivity index (χ2n) is 6.21. The molecule has 0 aliphatic carbocycles. The van der Waals surface area contributed by atoms with Crippen molar-refractivity contribution in [3.63, 3.8) is 0 Å². The molecule has 0 saturated heterocycles. The van der Waals surface area contributed by atoms with Crippen molar-refractivity contribution < 1.29 is 9.53 Å². The molecular weight excluding hydrogens is 410 g/mol. The summed E-state index contributed by atoms with van der Waals surface area (Å²) in [6, 6.07) is 9.01. The van der Waals surface area contributed by atoms with E-state index in [1.807, 2.05) is 19.1 Å². The molecule has 148 valence electrons. The normalized spacial score (nSPS) is 11.0. The van der Waals surface area contributed by atoms with E-state index in [9.17, 15) is 4.79 Å². The van der Waals surface area contributed by atoms with Crippen LogP contribution in [0.5, 0.6) is 5.75 Å². The van der Waals surface area contributed by atoms with Gasteiger partial charge in [-0.05, 0) is 36.8 Å². The summed E-state index contributed by atoms with van der Waals surface area (Å²) in [6.45, 7) is 2.85. The maximum atomic E-state index is 13.5. The van der Waals surface area contributed by atoms with Gasteiger partial charge >= 0.3 is 0 Å². The number of nitrogens with zero attached hydrogens (tertiary/aromatic N) is 5. The highest BCUT2D eigenvalue weighted by atomic mass is 35.5. The number of hydrogen-bond acceptors (Lipinski definition) is 6. The molecule has 0 fully saturated rings. The molecule has 0 atom stereocenters. The second-order valence-corrected chi connectivity index (χ2v) is 7.59.